The van der Waals surface area contributed by atoms with Crippen LogP contribution in [0.1, 0.15) is 0 Å². The molecule has 0 saturated heterocycles. The third-order valence-electron chi connectivity index (χ3n) is 8.28. The average Bonchev–Trinajstić information content (AvgIpc) is 3.78. The molecule has 7 heteroatoms. The van der Waals surface area contributed by atoms with Gasteiger partial charge in [-0.25, -0.2) is 0 Å². The van der Waals surface area contributed by atoms with Gasteiger partial charge < -0.3 is 14.6 Å². The topological polar surface area (TPSA) is 22.6 Å². The molecule has 5 aromatic carbocycles. The smallest absolute Gasteiger partial charge is 0.285 e. The van der Waals surface area contributed by atoms with Crippen molar-refractivity contribution in [1.29, 1.82) is 0 Å². The van der Waals surface area contributed by atoms with Crippen LogP contribution < -0.4 is 25.5 Å². The van der Waals surface area contributed by atoms with E-state index < -0.39 is 0 Å². The minimum Gasteiger partial charge on any atom is -0.500 e. The Morgan fingerprint density at radius 2 is 1.30 bits per heavy atom. The van der Waals surface area contributed by atoms with Crippen LogP contribution in [0.15, 0.2) is 127 Å². The second-order valence-corrected chi connectivity index (χ2v) is 11.5. The zero-order valence-corrected chi connectivity index (χ0v) is 25.9. The van der Waals surface area contributed by atoms with E-state index in [-0.39, 0.29) is 27.9 Å². The maximum absolute atomic E-state index is 4.61. The van der Waals surface area contributed by atoms with Crippen LogP contribution in [0.5, 0.6) is 0 Å². The Hall–Kier alpha value is -4.38. The SMILES string of the molecule is [Pt].[c-]1c(-c2nccs2)ccc2c1B1c3[c-]c(N4C=CN(c5ccccc5)[CH-]4)ccc3-c3ccccc3N1c1ccccc1-2. The van der Waals surface area contributed by atoms with Gasteiger partial charge in [0.15, 0.2) is 0 Å². The fraction of sp³-hybridized carbons (Fsp3) is 0. The third-order valence-corrected chi connectivity index (χ3v) is 9.09. The standard InChI is InChI=1S/C36H22BN4S.Pt/c1-2-8-26(9-3-1)39-19-20-40(24-39)27-15-17-29-31-11-5-7-13-35(31)41-34-12-6-4-10-30(34)28-16-14-25(36-38-18-21-42-36)22-32(28)37(41)33(29)23-27;/h1-21,24H;/q-3;. The van der Waals surface area contributed by atoms with E-state index in [1.54, 1.807) is 11.3 Å². The van der Waals surface area contributed by atoms with Crippen molar-refractivity contribution in [3.05, 3.63) is 146 Å². The second kappa shape index (κ2) is 10.4. The third kappa shape index (κ3) is 4.12. The Morgan fingerprint density at radius 3 is 2.02 bits per heavy atom. The van der Waals surface area contributed by atoms with Crippen LogP contribution in [-0.4, -0.2) is 11.8 Å². The van der Waals surface area contributed by atoms with Crippen LogP contribution in [0.25, 0.3) is 32.8 Å². The maximum Gasteiger partial charge on any atom is 0.285 e. The summed E-state index contributed by atoms with van der Waals surface area (Å²) in [5.74, 6) is 0. The van der Waals surface area contributed by atoms with Gasteiger partial charge in [0, 0.05) is 54.7 Å². The molecule has 0 unspecified atom stereocenters. The summed E-state index contributed by atoms with van der Waals surface area (Å²) in [6.07, 6.45) is 6.04. The summed E-state index contributed by atoms with van der Waals surface area (Å²) in [4.78, 5) is 11.4. The molecule has 1 aromatic heterocycles. The second-order valence-electron chi connectivity index (χ2n) is 10.6. The van der Waals surface area contributed by atoms with Crippen molar-refractivity contribution < 1.29 is 21.1 Å². The first-order valence-corrected chi connectivity index (χ1v) is 14.9. The van der Waals surface area contributed by atoms with E-state index >= 15 is 0 Å². The van der Waals surface area contributed by atoms with Crippen molar-refractivity contribution in [2.75, 3.05) is 14.6 Å². The summed E-state index contributed by atoms with van der Waals surface area (Å²) >= 11 is 1.65. The van der Waals surface area contributed by atoms with Crippen LogP contribution in [-0.2, 0) is 21.1 Å². The molecule has 9 rings (SSSR count). The number of benzene rings is 5. The minimum absolute atomic E-state index is 0. The first-order chi connectivity index (χ1) is 20.8. The summed E-state index contributed by atoms with van der Waals surface area (Å²) in [6.45, 7) is 2.02. The number of hydrogen-bond acceptors (Lipinski definition) is 5. The Balaban J connectivity index is 0.00000278. The molecule has 4 heterocycles. The molecular weight excluding hydrogens is 726 g/mol. The molecule has 0 atom stereocenters. The van der Waals surface area contributed by atoms with Gasteiger partial charge in [0.25, 0.3) is 6.85 Å². The molecule has 0 aliphatic carbocycles. The van der Waals surface area contributed by atoms with Gasteiger partial charge in [-0.05, 0) is 42.2 Å². The predicted molar refractivity (Wildman–Crippen MR) is 175 cm³/mol. The number of fused-ring (bicyclic) bond motifs is 11. The number of anilines is 4. The largest absolute Gasteiger partial charge is 0.500 e. The molecule has 0 saturated carbocycles. The zero-order chi connectivity index (χ0) is 27.6. The van der Waals surface area contributed by atoms with E-state index in [4.69, 9.17) is 0 Å². The molecule has 0 spiro atoms. The van der Waals surface area contributed by atoms with Gasteiger partial charge in [-0.15, -0.1) is 58.8 Å². The van der Waals surface area contributed by atoms with Gasteiger partial charge >= 0.3 is 0 Å². The molecule has 43 heavy (non-hydrogen) atoms. The van der Waals surface area contributed by atoms with Crippen molar-refractivity contribution >= 4 is 51.9 Å². The Kier molecular flexibility index (Phi) is 6.36. The monoisotopic (exact) mass is 748 g/mol. The van der Waals surface area contributed by atoms with Crippen LogP contribution in [0, 0.1) is 18.8 Å². The Bertz CT molecular complexity index is 2010. The van der Waals surface area contributed by atoms with Crippen LogP contribution in [0.2, 0.25) is 0 Å². The number of rotatable bonds is 3. The number of hydrogen-bond donors (Lipinski definition) is 0. The van der Waals surface area contributed by atoms with Gasteiger partial charge in [-0.3, -0.25) is 4.98 Å². The van der Waals surface area contributed by atoms with Gasteiger partial charge in [-0.2, -0.15) is 28.9 Å². The maximum atomic E-state index is 4.61. The molecule has 208 valence electrons. The van der Waals surface area contributed by atoms with Crippen molar-refractivity contribution in [3.63, 3.8) is 0 Å². The number of aromatic nitrogens is 1. The van der Waals surface area contributed by atoms with Gasteiger partial charge in [-0.1, -0.05) is 60.2 Å². The van der Waals surface area contributed by atoms with Crippen molar-refractivity contribution in [2.45, 2.75) is 0 Å². The fourth-order valence-electron chi connectivity index (χ4n) is 6.43. The first-order valence-electron chi connectivity index (χ1n) is 14.0. The fourth-order valence-corrected chi connectivity index (χ4v) is 7.04. The van der Waals surface area contributed by atoms with Crippen LogP contribution >= 0.6 is 11.3 Å². The molecular formula is C36H22BN4PtS-3. The molecule has 0 N–H and O–H groups in total. The van der Waals surface area contributed by atoms with Crippen molar-refractivity contribution in [2.24, 2.45) is 0 Å². The molecule has 6 aromatic rings. The predicted octanol–water partition coefficient (Wildman–Crippen LogP) is 7.23. The molecule has 0 amide bonds. The summed E-state index contributed by atoms with van der Waals surface area (Å²) in [7, 11) is 0. The molecule has 4 nitrogen and oxygen atoms in total. The summed E-state index contributed by atoms with van der Waals surface area (Å²) < 4.78 is 0. The van der Waals surface area contributed by atoms with E-state index in [2.05, 4.69) is 148 Å². The quantitative estimate of drug-likeness (QED) is 0.141. The Morgan fingerprint density at radius 1 is 0.651 bits per heavy atom. The van der Waals surface area contributed by atoms with E-state index in [0.29, 0.717) is 0 Å². The molecule has 0 bridgehead atoms. The average molecular weight is 749 g/mol. The van der Waals surface area contributed by atoms with Crippen molar-refractivity contribution in [1.82, 2.24) is 4.98 Å². The molecule has 3 aliphatic heterocycles. The van der Waals surface area contributed by atoms with Crippen LogP contribution in [0.3, 0.4) is 0 Å². The first kappa shape index (κ1) is 26.3. The molecule has 0 radical (unpaired) electrons. The van der Waals surface area contributed by atoms with Crippen molar-refractivity contribution in [3.8, 4) is 32.8 Å². The minimum atomic E-state index is -0.0866. The number of thiazole rings is 1. The summed E-state index contributed by atoms with van der Waals surface area (Å²) in [6, 6.07) is 44.4. The van der Waals surface area contributed by atoms with E-state index in [0.717, 1.165) is 32.9 Å². The van der Waals surface area contributed by atoms with Crippen LogP contribution in [0.4, 0.5) is 22.7 Å². The zero-order valence-electron chi connectivity index (χ0n) is 22.8. The van der Waals surface area contributed by atoms with E-state index in [1.807, 2.05) is 17.6 Å². The molecule has 0 fully saturated rings. The van der Waals surface area contributed by atoms with E-state index in [1.165, 1.54) is 33.6 Å². The van der Waals surface area contributed by atoms with E-state index in [9.17, 15) is 0 Å². The van der Waals surface area contributed by atoms with Gasteiger partial charge in [0.2, 0.25) is 0 Å². The van der Waals surface area contributed by atoms with Gasteiger partial charge in [0.1, 0.15) is 0 Å². The summed E-state index contributed by atoms with van der Waals surface area (Å²) in [5.41, 5.74) is 12.7. The van der Waals surface area contributed by atoms with Gasteiger partial charge in [0.05, 0.1) is 0 Å². The normalized spacial score (nSPS) is 14.0. The Labute approximate surface area is 269 Å². The summed E-state index contributed by atoms with van der Waals surface area (Å²) in [5, 5.41) is 3.00. The molecule has 3 aliphatic rings. The number of para-hydroxylation sites is 3. The number of nitrogens with zero attached hydrogens (tertiary/aromatic N) is 4.